The minimum atomic E-state index is -0.287. The highest BCUT2D eigenvalue weighted by Crippen LogP contribution is 2.17. The summed E-state index contributed by atoms with van der Waals surface area (Å²) in [7, 11) is 0. The van der Waals surface area contributed by atoms with Crippen LogP contribution < -0.4 is 0 Å². The van der Waals surface area contributed by atoms with E-state index in [9.17, 15) is 4.79 Å². The first-order chi connectivity index (χ1) is 6.19. The number of halogens is 1. The number of aromatic amines is 1. The number of aromatic nitrogens is 1. The molecule has 0 saturated heterocycles. The Kier molecular flexibility index (Phi) is 3.54. The van der Waals surface area contributed by atoms with Crippen LogP contribution in [0.4, 0.5) is 0 Å². The van der Waals surface area contributed by atoms with Gasteiger partial charge in [-0.15, -0.1) is 0 Å². The predicted octanol–water partition coefficient (Wildman–Crippen LogP) is 2.52. The van der Waals surface area contributed by atoms with Gasteiger partial charge < -0.3 is 9.72 Å². The van der Waals surface area contributed by atoms with Crippen molar-refractivity contribution in [3.63, 3.8) is 0 Å². The summed E-state index contributed by atoms with van der Waals surface area (Å²) in [6.07, 6.45) is 0.816. The second-order valence-corrected chi connectivity index (χ2v) is 3.45. The van der Waals surface area contributed by atoms with Crippen LogP contribution in [0.25, 0.3) is 0 Å². The number of rotatable bonds is 3. The Balaban J connectivity index is 2.91. The van der Waals surface area contributed by atoms with Crippen LogP contribution >= 0.6 is 15.9 Å². The van der Waals surface area contributed by atoms with Gasteiger partial charge in [0, 0.05) is 0 Å². The minimum absolute atomic E-state index is 0.287. The van der Waals surface area contributed by atoms with Crippen LogP contribution in [0.5, 0.6) is 0 Å². The zero-order chi connectivity index (χ0) is 9.84. The van der Waals surface area contributed by atoms with Crippen LogP contribution in [0.15, 0.2) is 10.7 Å². The summed E-state index contributed by atoms with van der Waals surface area (Å²) >= 11 is 3.28. The molecule has 0 radical (unpaired) electrons. The van der Waals surface area contributed by atoms with Crippen LogP contribution in [-0.4, -0.2) is 17.6 Å². The Labute approximate surface area is 85.6 Å². The molecule has 1 rings (SSSR count). The molecule has 1 N–H and O–H groups in total. The molecule has 1 heterocycles. The smallest absolute Gasteiger partial charge is 0.355 e. The van der Waals surface area contributed by atoms with Crippen LogP contribution in [0.1, 0.15) is 29.9 Å². The molecule has 0 saturated carbocycles. The minimum Gasteiger partial charge on any atom is -0.461 e. The average molecular weight is 246 g/mol. The lowest BCUT2D eigenvalue weighted by molar-refractivity contribution is 0.0519. The van der Waals surface area contributed by atoms with E-state index in [-0.39, 0.29) is 5.97 Å². The third kappa shape index (κ3) is 2.34. The third-order valence-corrected chi connectivity index (χ3v) is 2.15. The van der Waals surface area contributed by atoms with E-state index in [4.69, 9.17) is 4.74 Å². The number of aryl methyl sites for hydroxylation is 1. The lowest BCUT2D eigenvalue weighted by atomic mass is 10.2. The monoisotopic (exact) mass is 245 g/mol. The zero-order valence-electron chi connectivity index (χ0n) is 7.69. The first-order valence-electron chi connectivity index (χ1n) is 4.23. The largest absolute Gasteiger partial charge is 0.461 e. The number of nitrogens with one attached hydrogen (secondary N) is 1. The highest BCUT2D eigenvalue weighted by atomic mass is 79.9. The molecule has 0 aliphatic carbocycles. The molecule has 0 aliphatic rings. The van der Waals surface area contributed by atoms with Crippen molar-refractivity contribution in [3.05, 3.63) is 21.9 Å². The van der Waals surface area contributed by atoms with Crippen molar-refractivity contribution in [2.75, 3.05) is 6.61 Å². The Morgan fingerprint density at radius 2 is 2.31 bits per heavy atom. The van der Waals surface area contributed by atoms with Crippen molar-refractivity contribution in [2.45, 2.75) is 20.3 Å². The maximum absolute atomic E-state index is 11.4. The van der Waals surface area contributed by atoms with Gasteiger partial charge in [0.05, 0.1) is 11.2 Å². The maximum Gasteiger partial charge on any atom is 0.355 e. The van der Waals surface area contributed by atoms with Crippen molar-refractivity contribution >= 4 is 21.9 Å². The molecule has 0 atom stereocenters. The molecule has 72 valence electrons. The lowest BCUT2D eigenvalue weighted by Gasteiger charge is -2.00. The van der Waals surface area contributed by atoms with Crippen LogP contribution in [0.3, 0.4) is 0 Å². The molecule has 0 fully saturated rings. The van der Waals surface area contributed by atoms with E-state index in [1.54, 1.807) is 6.92 Å². The van der Waals surface area contributed by atoms with Crippen molar-refractivity contribution in [3.8, 4) is 0 Å². The van der Waals surface area contributed by atoms with Gasteiger partial charge in [0.25, 0.3) is 0 Å². The molecular weight excluding hydrogens is 234 g/mol. The van der Waals surface area contributed by atoms with Crippen molar-refractivity contribution < 1.29 is 9.53 Å². The summed E-state index contributed by atoms with van der Waals surface area (Å²) in [6.45, 7) is 4.19. The summed E-state index contributed by atoms with van der Waals surface area (Å²) in [5.74, 6) is -0.287. The van der Waals surface area contributed by atoms with Crippen molar-refractivity contribution in [1.82, 2.24) is 4.98 Å². The van der Waals surface area contributed by atoms with E-state index in [0.29, 0.717) is 12.3 Å². The summed E-state index contributed by atoms with van der Waals surface area (Å²) in [4.78, 5) is 14.3. The SMILES string of the molecule is CCOC(=O)c1[nH]c(Br)cc1CC. The highest BCUT2D eigenvalue weighted by Gasteiger charge is 2.13. The fourth-order valence-electron chi connectivity index (χ4n) is 1.13. The summed E-state index contributed by atoms with van der Waals surface area (Å²) in [5.41, 5.74) is 1.53. The summed E-state index contributed by atoms with van der Waals surface area (Å²) in [5, 5.41) is 0. The maximum atomic E-state index is 11.4. The van der Waals surface area contributed by atoms with Crippen LogP contribution in [-0.2, 0) is 11.2 Å². The number of H-pyrrole nitrogens is 1. The fraction of sp³-hybridized carbons (Fsp3) is 0.444. The molecule has 4 heteroatoms. The van der Waals surface area contributed by atoms with Crippen molar-refractivity contribution in [1.29, 1.82) is 0 Å². The Morgan fingerprint density at radius 3 is 2.85 bits per heavy atom. The molecule has 0 aromatic carbocycles. The van der Waals surface area contributed by atoms with Gasteiger partial charge >= 0.3 is 5.97 Å². The first-order valence-corrected chi connectivity index (χ1v) is 5.02. The van der Waals surface area contributed by atoms with E-state index in [2.05, 4.69) is 20.9 Å². The zero-order valence-corrected chi connectivity index (χ0v) is 9.27. The second-order valence-electron chi connectivity index (χ2n) is 2.59. The van der Waals surface area contributed by atoms with Gasteiger partial charge in [-0.3, -0.25) is 0 Å². The van der Waals surface area contributed by atoms with Gasteiger partial charge in [-0.1, -0.05) is 6.92 Å². The summed E-state index contributed by atoms with van der Waals surface area (Å²) < 4.78 is 5.71. The van der Waals surface area contributed by atoms with E-state index >= 15 is 0 Å². The number of carbonyl (C=O) groups is 1. The molecule has 1 aromatic rings. The predicted molar refractivity (Wildman–Crippen MR) is 53.8 cm³/mol. The van der Waals surface area contributed by atoms with Gasteiger partial charge in [-0.25, -0.2) is 4.79 Å². The Hall–Kier alpha value is -0.770. The normalized spacial score (nSPS) is 10.1. The average Bonchev–Trinajstić information content (AvgIpc) is 2.47. The van der Waals surface area contributed by atoms with Crippen molar-refractivity contribution in [2.24, 2.45) is 0 Å². The van der Waals surface area contributed by atoms with Gasteiger partial charge in [-0.05, 0) is 40.9 Å². The van der Waals surface area contributed by atoms with Gasteiger partial charge in [-0.2, -0.15) is 0 Å². The highest BCUT2D eigenvalue weighted by molar-refractivity contribution is 9.10. The molecule has 13 heavy (non-hydrogen) atoms. The molecule has 0 bridgehead atoms. The van der Waals surface area contributed by atoms with Crippen LogP contribution in [0.2, 0.25) is 0 Å². The van der Waals surface area contributed by atoms with E-state index in [1.165, 1.54) is 0 Å². The van der Waals surface area contributed by atoms with Crippen LogP contribution in [0, 0.1) is 0 Å². The molecule has 0 aliphatic heterocycles. The molecular formula is C9H12BrNO2. The molecule has 3 nitrogen and oxygen atoms in total. The quantitative estimate of drug-likeness (QED) is 0.832. The standard InChI is InChI=1S/C9H12BrNO2/c1-3-6-5-7(10)11-8(6)9(12)13-4-2/h5,11H,3-4H2,1-2H3. The number of hydrogen-bond acceptors (Lipinski definition) is 2. The topological polar surface area (TPSA) is 42.1 Å². The third-order valence-electron chi connectivity index (χ3n) is 1.73. The summed E-state index contributed by atoms with van der Waals surface area (Å²) in [6, 6.07) is 1.90. The molecule has 0 spiro atoms. The van der Waals surface area contributed by atoms with Gasteiger partial charge in [0.2, 0.25) is 0 Å². The van der Waals surface area contributed by atoms with Gasteiger partial charge in [0.15, 0.2) is 0 Å². The molecule has 1 aromatic heterocycles. The fourth-order valence-corrected chi connectivity index (χ4v) is 1.60. The molecule has 0 unspecified atom stereocenters. The van der Waals surface area contributed by atoms with E-state index < -0.39 is 0 Å². The Bertz CT molecular complexity index is 307. The van der Waals surface area contributed by atoms with E-state index in [0.717, 1.165) is 16.6 Å². The van der Waals surface area contributed by atoms with E-state index in [1.807, 2.05) is 13.0 Å². The molecule has 0 amide bonds. The second kappa shape index (κ2) is 4.46. The number of carbonyl (C=O) groups excluding carboxylic acids is 1. The Morgan fingerprint density at radius 1 is 1.62 bits per heavy atom. The number of ether oxygens (including phenoxy) is 1. The lowest BCUT2D eigenvalue weighted by Crippen LogP contribution is -2.07. The number of hydrogen-bond donors (Lipinski definition) is 1. The first kappa shape index (κ1) is 10.3. The van der Waals surface area contributed by atoms with Gasteiger partial charge in [0.1, 0.15) is 5.69 Å². The number of esters is 1.